The predicted molar refractivity (Wildman–Crippen MR) is 75.4 cm³/mol. The average Bonchev–Trinajstić information content (AvgIpc) is 2.57. The number of hydrogen-bond donors (Lipinski definition) is 1. The van der Waals surface area contributed by atoms with Gasteiger partial charge in [0, 0.05) is 17.3 Å². The van der Waals surface area contributed by atoms with Crippen molar-refractivity contribution in [2.24, 2.45) is 11.3 Å². The van der Waals surface area contributed by atoms with Gasteiger partial charge in [-0.15, -0.1) is 0 Å². The van der Waals surface area contributed by atoms with Gasteiger partial charge in [-0.05, 0) is 43.2 Å². The molecule has 0 aliphatic heterocycles. The van der Waals surface area contributed by atoms with E-state index in [9.17, 15) is 4.39 Å². The Morgan fingerprint density at radius 3 is 2.58 bits per heavy atom. The van der Waals surface area contributed by atoms with Crippen molar-refractivity contribution < 1.29 is 4.39 Å². The Bertz CT molecular complexity index is 528. The number of nitriles is 1. The SMILES string of the molecule is Cc1c(F)cc(C#N)cc1NC1CC(C)(C)CC1C. The van der Waals surface area contributed by atoms with Gasteiger partial charge in [0.1, 0.15) is 5.82 Å². The van der Waals surface area contributed by atoms with Crippen LogP contribution in [0.5, 0.6) is 0 Å². The zero-order valence-corrected chi connectivity index (χ0v) is 12.0. The summed E-state index contributed by atoms with van der Waals surface area (Å²) in [5, 5.41) is 12.4. The summed E-state index contributed by atoms with van der Waals surface area (Å²) in [4.78, 5) is 0. The first-order valence-electron chi connectivity index (χ1n) is 6.79. The molecule has 2 rings (SSSR count). The Labute approximate surface area is 114 Å². The fraction of sp³-hybridized carbons (Fsp3) is 0.562. The topological polar surface area (TPSA) is 35.8 Å². The van der Waals surface area contributed by atoms with Crippen LogP contribution in [0.25, 0.3) is 0 Å². The molecule has 0 heterocycles. The molecule has 1 N–H and O–H groups in total. The van der Waals surface area contributed by atoms with Crippen LogP contribution in [-0.4, -0.2) is 6.04 Å². The average molecular weight is 260 g/mol. The van der Waals surface area contributed by atoms with Crippen LogP contribution in [0.3, 0.4) is 0 Å². The molecule has 0 bridgehead atoms. The fourth-order valence-corrected chi connectivity index (χ4v) is 3.18. The zero-order chi connectivity index (χ0) is 14.2. The van der Waals surface area contributed by atoms with Crippen molar-refractivity contribution >= 4 is 5.69 Å². The monoisotopic (exact) mass is 260 g/mol. The third-order valence-electron chi connectivity index (χ3n) is 4.15. The maximum Gasteiger partial charge on any atom is 0.129 e. The molecule has 0 amide bonds. The van der Waals surface area contributed by atoms with Gasteiger partial charge in [-0.1, -0.05) is 20.8 Å². The van der Waals surface area contributed by atoms with Crippen LogP contribution in [-0.2, 0) is 0 Å². The van der Waals surface area contributed by atoms with Crippen molar-refractivity contribution in [2.45, 2.75) is 46.6 Å². The third kappa shape index (κ3) is 2.89. The quantitative estimate of drug-likeness (QED) is 0.863. The molecule has 0 radical (unpaired) electrons. The molecular formula is C16H21FN2. The van der Waals surface area contributed by atoms with E-state index in [1.807, 2.05) is 6.07 Å². The van der Waals surface area contributed by atoms with Crippen molar-refractivity contribution in [1.82, 2.24) is 0 Å². The van der Waals surface area contributed by atoms with E-state index in [4.69, 9.17) is 5.26 Å². The Balaban J connectivity index is 2.25. The minimum Gasteiger partial charge on any atom is -0.382 e. The highest BCUT2D eigenvalue weighted by molar-refractivity contribution is 5.56. The lowest BCUT2D eigenvalue weighted by Gasteiger charge is -2.21. The molecule has 0 aromatic heterocycles. The summed E-state index contributed by atoms with van der Waals surface area (Å²) in [6, 6.07) is 5.40. The molecular weight excluding hydrogens is 239 g/mol. The minimum atomic E-state index is -0.313. The molecule has 1 aliphatic carbocycles. The number of rotatable bonds is 2. The normalized spacial score (nSPS) is 25.1. The molecule has 3 heteroatoms. The summed E-state index contributed by atoms with van der Waals surface area (Å²) >= 11 is 0. The van der Waals surface area contributed by atoms with Crippen LogP contribution in [0, 0.1) is 35.4 Å². The maximum absolute atomic E-state index is 13.8. The molecule has 2 nitrogen and oxygen atoms in total. The van der Waals surface area contributed by atoms with Gasteiger partial charge in [-0.25, -0.2) is 4.39 Å². The van der Waals surface area contributed by atoms with Gasteiger partial charge in [-0.2, -0.15) is 5.26 Å². The molecule has 1 aromatic rings. The molecule has 2 unspecified atom stereocenters. The van der Waals surface area contributed by atoms with E-state index in [0.717, 1.165) is 12.1 Å². The van der Waals surface area contributed by atoms with Crippen LogP contribution in [0.4, 0.5) is 10.1 Å². The molecule has 0 saturated heterocycles. The fourth-order valence-electron chi connectivity index (χ4n) is 3.18. The summed E-state index contributed by atoms with van der Waals surface area (Å²) in [5.41, 5.74) is 2.05. The molecule has 0 spiro atoms. The van der Waals surface area contributed by atoms with Gasteiger partial charge in [0.2, 0.25) is 0 Å². The van der Waals surface area contributed by atoms with E-state index in [-0.39, 0.29) is 5.82 Å². The predicted octanol–water partition coefficient (Wildman–Crippen LogP) is 4.24. The van der Waals surface area contributed by atoms with E-state index in [1.54, 1.807) is 13.0 Å². The standard InChI is InChI=1S/C16H21FN2/c1-10-7-16(3,4)8-15(10)19-14-6-12(9-18)5-13(17)11(14)2/h5-6,10,15,19H,7-8H2,1-4H3. The summed E-state index contributed by atoms with van der Waals surface area (Å²) in [7, 11) is 0. The smallest absolute Gasteiger partial charge is 0.129 e. The second kappa shape index (κ2) is 4.85. The van der Waals surface area contributed by atoms with Crippen molar-refractivity contribution in [3.05, 3.63) is 29.1 Å². The Hall–Kier alpha value is -1.56. The summed E-state index contributed by atoms with van der Waals surface area (Å²) in [6.45, 7) is 8.52. The Morgan fingerprint density at radius 2 is 2.05 bits per heavy atom. The van der Waals surface area contributed by atoms with Crippen molar-refractivity contribution in [3.63, 3.8) is 0 Å². The highest BCUT2D eigenvalue weighted by atomic mass is 19.1. The van der Waals surface area contributed by atoms with Gasteiger partial charge in [-0.3, -0.25) is 0 Å². The third-order valence-corrected chi connectivity index (χ3v) is 4.15. The second-order valence-electron chi connectivity index (χ2n) is 6.54. The first kappa shape index (κ1) is 13.9. The van der Waals surface area contributed by atoms with Gasteiger partial charge in [0.05, 0.1) is 11.6 Å². The molecule has 1 aliphatic rings. The first-order valence-corrected chi connectivity index (χ1v) is 6.79. The maximum atomic E-state index is 13.8. The minimum absolute atomic E-state index is 0.313. The first-order chi connectivity index (χ1) is 8.82. The highest BCUT2D eigenvalue weighted by Crippen LogP contribution is 2.42. The molecule has 2 atom stereocenters. The summed E-state index contributed by atoms with van der Waals surface area (Å²) in [6.07, 6.45) is 2.25. The Kier molecular flexibility index (Phi) is 3.54. The van der Waals surface area contributed by atoms with E-state index in [0.29, 0.717) is 28.5 Å². The number of benzene rings is 1. The summed E-state index contributed by atoms with van der Waals surface area (Å²) in [5.74, 6) is 0.245. The van der Waals surface area contributed by atoms with Gasteiger partial charge >= 0.3 is 0 Å². The lowest BCUT2D eigenvalue weighted by Crippen LogP contribution is -2.23. The largest absolute Gasteiger partial charge is 0.382 e. The van der Waals surface area contributed by atoms with Gasteiger partial charge < -0.3 is 5.32 Å². The lowest BCUT2D eigenvalue weighted by atomic mass is 9.91. The van der Waals surface area contributed by atoms with E-state index in [2.05, 4.69) is 26.1 Å². The number of nitrogens with zero attached hydrogens (tertiary/aromatic N) is 1. The van der Waals surface area contributed by atoms with E-state index >= 15 is 0 Å². The summed E-state index contributed by atoms with van der Waals surface area (Å²) < 4.78 is 13.8. The lowest BCUT2D eigenvalue weighted by molar-refractivity contribution is 0.366. The van der Waals surface area contributed by atoms with Crippen LogP contribution < -0.4 is 5.32 Å². The van der Waals surface area contributed by atoms with Crippen LogP contribution >= 0.6 is 0 Å². The molecule has 1 aromatic carbocycles. The number of nitrogens with one attached hydrogen (secondary N) is 1. The van der Waals surface area contributed by atoms with E-state index in [1.165, 1.54) is 12.5 Å². The van der Waals surface area contributed by atoms with Gasteiger partial charge in [0.25, 0.3) is 0 Å². The molecule has 19 heavy (non-hydrogen) atoms. The van der Waals surface area contributed by atoms with Crippen LogP contribution in [0.1, 0.15) is 44.7 Å². The molecule has 1 saturated carbocycles. The van der Waals surface area contributed by atoms with Crippen LogP contribution in [0.2, 0.25) is 0 Å². The van der Waals surface area contributed by atoms with E-state index < -0.39 is 0 Å². The van der Waals surface area contributed by atoms with Crippen LogP contribution in [0.15, 0.2) is 12.1 Å². The van der Waals surface area contributed by atoms with Crippen molar-refractivity contribution in [3.8, 4) is 6.07 Å². The van der Waals surface area contributed by atoms with Crippen molar-refractivity contribution in [2.75, 3.05) is 5.32 Å². The zero-order valence-electron chi connectivity index (χ0n) is 12.0. The Morgan fingerprint density at radius 1 is 1.37 bits per heavy atom. The number of halogens is 1. The highest BCUT2D eigenvalue weighted by Gasteiger charge is 2.36. The molecule has 102 valence electrons. The van der Waals surface area contributed by atoms with Gasteiger partial charge in [0.15, 0.2) is 0 Å². The number of anilines is 1. The number of hydrogen-bond acceptors (Lipinski definition) is 2. The molecule has 1 fully saturated rings. The second-order valence-corrected chi connectivity index (χ2v) is 6.54. The van der Waals surface area contributed by atoms with Crippen molar-refractivity contribution in [1.29, 1.82) is 5.26 Å².